The van der Waals surface area contributed by atoms with E-state index in [1.165, 1.54) is 11.0 Å². The Morgan fingerprint density at radius 2 is 2.11 bits per heavy atom. The topological polar surface area (TPSA) is 98.7 Å². The Labute approximate surface area is 104 Å². The Morgan fingerprint density at radius 1 is 1.39 bits per heavy atom. The second-order valence-electron chi connectivity index (χ2n) is 4.45. The first-order chi connectivity index (χ1) is 8.48. The van der Waals surface area contributed by atoms with E-state index in [0.717, 1.165) is 0 Å². The number of carbonyl (C=O) groups is 1. The quantitative estimate of drug-likeness (QED) is 0.813. The molecule has 7 heteroatoms. The number of aromatic nitrogens is 4. The molecule has 0 bridgehead atoms. The molecule has 3 N–H and O–H groups in total. The summed E-state index contributed by atoms with van der Waals surface area (Å²) in [5.41, 5.74) is 6.07. The minimum Gasteiger partial charge on any atom is -0.323 e. The van der Waals surface area contributed by atoms with E-state index in [9.17, 15) is 4.79 Å². The first-order valence-corrected chi connectivity index (χ1v) is 5.41. The van der Waals surface area contributed by atoms with Gasteiger partial charge in [-0.25, -0.2) is 0 Å². The van der Waals surface area contributed by atoms with Crippen LogP contribution >= 0.6 is 0 Å². The summed E-state index contributed by atoms with van der Waals surface area (Å²) >= 11 is 0. The normalized spacial score (nSPS) is 11.3. The predicted octanol–water partition coefficient (Wildman–Crippen LogP) is 0.338. The number of carbonyl (C=O) groups excluding carboxylic acids is 1. The standard InChI is InChI=1S/C11H14N6O/c1-11(2,12)10(18)14-8-5-3-4-6-9(8)17-7-13-15-16-17/h3-7H,12H2,1-2H3,(H,14,18). The number of benzene rings is 1. The monoisotopic (exact) mass is 246 g/mol. The van der Waals surface area contributed by atoms with Crippen LogP contribution in [0.1, 0.15) is 13.8 Å². The third-order valence-corrected chi connectivity index (χ3v) is 2.33. The number of para-hydroxylation sites is 2. The van der Waals surface area contributed by atoms with Gasteiger partial charge in [0.05, 0.1) is 16.9 Å². The molecule has 0 aliphatic heterocycles. The highest BCUT2D eigenvalue weighted by atomic mass is 16.2. The first kappa shape index (κ1) is 12.2. The summed E-state index contributed by atoms with van der Waals surface area (Å²) in [5, 5.41) is 13.7. The summed E-state index contributed by atoms with van der Waals surface area (Å²) in [6.07, 6.45) is 1.46. The van der Waals surface area contributed by atoms with Crippen LogP contribution in [-0.4, -0.2) is 31.7 Å². The Balaban J connectivity index is 2.32. The summed E-state index contributed by atoms with van der Waals surface area (Å²) in [7, 11) is 0. The molecule has 1 aromatic carbocycles. The summed E-state index contributed by atoms with van der Waals surface area (Å²) in [5.74, 6) is -0.275. The number of nitrogens with zero attached hydrogens (tertiary/aromatic N) is 4. The molecule has 1 aromatic heterocycles. The van der Waals surface area contributed by atoms with Crippen LogP contribution in [0.15, 0.2) is 30.6 Å². The first-order valence-electron chi connectivity index (χ1n) is 5.41. The number of nitrogens with two attached hydrogens (primary N) is 1. The zero-order valence-corrected chi connectivity index (χ0v) is 10.2. The van der Waals surface area contributed by atoms with E-state index in [2.05, 4.69) is 20.8 Å². The lowest BCUT2D eigenvalue weighted by atomic mass is 10.1. The van der Waals surface area contributed by atoms with Crippen molar-refractivity contribution < 1.29 is 4.79 Å². The largest absolute Gasteiger partial charge is 0.323 e. The Hall–Kier alpha value is -2.28. The van der Waals surface area contributed by atoms with Gasteiger partial charge in [-0.1, -0.05) is 12.1 Å². The van der Waals surface area contributed by atoms with Gasteiger partial charge in [0.1, 0.15) is 6.33 Å². The number of anilines is 1. The fourth-order valence-corrected chi connectivity index (χ4v) is 1.33. The zero-order valence-electron chi connectivity index (χ0n) is 10.2. The molecule has 0 fully saturated rings. The van der Waals surface area contributed by atoms with Crippen molar-refractivity contribution in [1.29, 1.82) is 0 Å². The highest BCUT2D eigenvalue weighted by molar-refractivity contribution is 5.98. The number of tetrazole rings is 1. The predicted molar refractivity (Wildman–Crippen MR) is 66.1 cm³/mol. The van der Waals surface area contributed by atoms with Crippen LogP contribution < -0.4 is 11.1 Å². The van der Waals surface area contributed by atoms with Crippen molar-refractivity contribution in [2.75, 3.05) is 5.32 Å². The summed E-state index contributed by atoms with van der Waals surface area (Å²) in [6.45, 7) is 3.28. The highest BCUT2D eigenvalue weighted by Gasteiger charge is 2.22. The minimum atomic E-state index is -0.951. The molecule has 0 spiro atoms. The van der Waals surface area contributed by atoms with Crippen LogP contribution in [0.3, 0.4) is 0 Å². The average molecular weight is 246 g/mol. The Morgan fingerprint density at radius 3 is 2.72 bits per heavy atom. The fraction of sp³-hybridized carbons (Fsp3) is 0.273. The maximum Gasteiger partial charge on any atom is 0.243 e. The van der Waals surface area contributed by atoms with E-state index in [1.807, 2.05) is 12.1 Å². The van der Waals surface area contributed by atoms with Gasteiger partial charge in [-0.3, -0.25) is 4.79 Å². The molecule has 0 saturated heterocycles. The lowest BCUT2D eigenvalue weighted by Gasteiger charge is -2.19. The molecule has 0 radical (unpaired) electrons. The SMILES string of the molecule is CC(C)(N)C(=O)Nc1ccccc1-n1cnnn1. The van der Waals surface area contributed by atoms with Gasteiger partial charge in [-0.15, -0.1) is 5.10 Å². The van der Waals surface area contributed by atoms with Crippen molar-refractivity contribution in [1.82, 2.24) is 20.2 Å². The lowest BCUT2D eigenvalue weighted by molar-refractivity contribution is -0.120. The zero-order chi connectivity index (χ0) is 13.2. The maximum atomic E-state index is 11.9. The number of hydrogen-bond donors (Lipinski definition) is 2. The third kappa shape index (κ3) is 2.51. The molecule has 0 aliphatic rings. The molecule has 1 amide bonds. The average Bonchev–Trinajstić information content (AvgIpc) is 2.82. The number of rotatable bonds is 3. The number of amides is 1. The van der Waals surface area contributed by atoms with Gasteiger partial charge in [-0.2, -0.15) is 4.68 Å². The molecule has 2 rings (SSSR count). The van der Waals surface area contributed by atoms with E-state index in [0.29, 0.717) is 11.4 Å². The van der Waals surface area contributed by atoms with E-state index in [4.69, 9.17) is 5.73 Å². The van der Waals surface area contributed by atoms with Crippen molar-refractivity contribution in [3.05, 3.63) is 30.6 Å². The van der Waals surface area contributed by atoms with Crippen molar-refractivity contribution in [2.24, 2.45) is 5.73 Å². The van der Waals surface area contributed by atoms with Gasteiger partial charge in [-0.05, 0) is 36.4 Å². The summed E-state index contributed by atoms with van der Waals surface area (Å²) < 4.78 is 1.47. The molecule has 1 heterocycles. The Kier molecular flexibility index (Phi) is 3.07. The molecular weight excluding hydrogens is 232 g/mol. The molecule has 0 unspecified atom stereocenters. The molecule has 0 saturated carbocycles. The van der Waals surface area contributed by atoms with Crippen LogP contribution in [0.25, 0.3) is 5.69 Å². The lowest BCUT2D eigenvalue weighted by Crippen LogP contribution is -2.45. The van der Waals surface area contributed by atoms with Crippen molar-refractivity contribution in [2.45, 2.75) is 19.4 Å². The highest BCUT2D eigenvalue weighted by Crippen LogP contribution is 2.19. The van der Waals surface area contributed by atoms with Crippen LogP contribution in [0.4, 0.5) is 5.69 Å². The Bertz CT molecular complexity index is 543. The van der Waals surface area contributed by atoms with Crippen LogP contribution in [0, 0.1) is 0 Å². The van der Waals surface area contributed by atoms with Gasteiger partial charge in [0, 0.05) is 0 Å². The van der Waals surface area contributed by atoms with E-state index in [-0.39, 0.29) is 5.91 Å². The van der Waals surface area contributed by atoms with E-state index in [1.54, 1.807) is 26.0 Å². The minimum absolute atomic E-state index is 0.275. The third-order valence-electron chi connectivity index (χ3n) is 2.33. The molecular formula is C11H14N6O. The summed E-state index contributed by atoms with van der Waals surface area (Å²) in [6, 6.07) is 7.21. The fourth-order valence-electron chi connectivity index (χ4n) is 1.33. The van der Waals surface area contributed by atoms with Gasteiger partial charge in [0.15, 0.2) is 0 Å². The number of hydrogen-bond acceptors (Lipinski definition) is 5. The van der Waals surface area contributed by atoms with E-state index < -0.39 is 5.54 Å². The van der Waals surface area contributed by atoms with Crippen LogP contribution in [0.5, 0.6) is 0 Å². The second-order valence-corrected chi connectivity index (χ2v) is 4.45. The van der Waals surface area contributed by atoms with Crippen LogP contribution in [-0.2, 0) is 4.79 Å². The van der Waals surface area contributed by atoms with Crippen molar-refractivity contribution in [3.8, 4) is 5.69 Å². The van der Waals surface area contributed by atoms with Gasteiger partial charge < -0.3 is 11.1 Å². The van der Waals surface area contributed by atoms with E-state index >= 15 is 0 Å². The van der Waals surface area contributed by atoms with Crippen LogP contribution in [0.2, 0.25) is 0 Å². The van der Waals surface area contributed by atoms with Gasteiger partial charge >= 0.3 is 0 Å². The molecule has 18 heavy (non-hydrogen) atoms. The molecule has 0 aliphatic carbocycles. The second kappa shape index (κ2) is 4.53. The molecule has 2 aromatic rings. The van der Waals surface area contributed by atoms with Gasteiger partial charge in [0.2, 0.25) is 5.91 Å². The maximum absolute atomic E-state index is 11.9. The van der Waals surface area contributed by atoms with Crippen molar-refractivity contribution in [3.63, 3.8) is 0 Å². The summed E-state index contributed by atoms with van der Waals surface area (Å²) in [4.78, 5) is 11.9. The molecule has 0 atom stereocenters. The number of nitrogens with one attached hydrogen (secondary N) is 1. The molecule has 94 valence electrons. The van der Waals surface area contributed by atoms with Gasteiger partial charge in [0.25, 0.3) is 0 Å². The van der Waals surface area contributed by atoms with Crippen molar-refractivity contribution >= 4 is 11.6 Å². The smallest absolute Gasteiger partial charge is 0.243 e. The molecule has 7 nitrogen and oxygen atoms in total.